The number of methoxy groups -OCH3 is 2. The van der Waals surface area contributed by atoms with E-state index in [1.165, 1.54) is 61.5 Å². The Balaban J connectivity index is 1.16. The van der Waals surface area contributed by atoms with Gasteiger partial charge in [0, 0.05) is 62.0 Å². The number of carbonyl (C=O) groups excluding carboxylic acids is 2. The third kappa shape index (κ3) is 9.47. The van der Waals surface area contributed by atoms with Crippen LogP contribution in [0.5, 0.6) is 11.8 Å². The van der Waals surface area contributed by atoms with Crippen molar-refractivity contribution in [2.75, 3.05) is 14.2 Å². The van der Waals surface area contributed by atoms with E-state index in [-0.39, 0.29) is 97.2 Å². The lowest BCUT2D eigenvalue weighted by Crippen LogP contribution is -2.28. The highest BCUT2D eigenvalue weighted by Gasteiger charge is 2.46. The summed E-state index contributed by atoms with van der Waals surface area (Å²) in [5, 5.41) is 0.129. The molecule has 3 aromatic carbocycles. The number of nitrogens with one attached hydrogen (secondary N) is 1. The van der Waals surface area contributed by atoms with Crippen LogP contribution >= 0.6 is 0 Å². The topological polar surface area (TPSA) is 118 Å². The molecule has 1 saturated carbocycles. The molecule has 1 aliphatic rings. The highest BCUT2D eigenvalue weighted by Crippen LogP contribution is 2.55. The van der Waals surface area contributed by atoms with Crippen LogP contribution in [0, 0.1) is 11.7 Å². The molecule has 0 spiro atoms. The number of nitrogens with zero attached hydrogens (tertiary/aromatic N) is 3. The van der Waals surface area contributed by atoms with Gasteiger partial charge in [-0.3, -0.25) is 0 Å². The average molecular weight is 945 g/mol. The number of benzene rings is 3. The van der Waals surface area contributed by atoms with Crippen molar-refractivity contribution in [1.82, 2.24) is 19.5 Å². The Morgan fingerprint density at radius 3 is 2.00 bits per heavy atom. The predicted octanol–water partition coefficient (Wildman–Crippen LogP) is 13.0. The highest BCUT2D eigenvalue weighted by molar-refractivity contribution is 6.11. The number of hydrogen-bond donors (Lipinski definition) is 1. The summed E-state index contributed by atoms with van der Waals surface area (Å²) in [7, 11) is 2.69. The number of H-pyrrole nitrogens is 1. The zero-order valence-corrected chi connectivity index (χ0v) is 38.1. The molecule has 1 N–H and O–H groups in total. The number of ether oxygens (including phenoxy) is 4. The van der Waals surface area contributed by atoms with Gasteiger partial charge in [-0.2, -0.15) is 26.3 Å². The molecule has 8 rings (SSSR count). The number of carbonyl (C=O) groups is 2. The number of alkyl halides is 6. The first kappa shape index (κ1) is 47.6. The highest BCUT2D eigenvalue weighted by atomic mass is 19.4. The standard InChI is InChI=1S/C51H47F7N4O6/c1-48(2,3)67-47(64)43-41(31-14-11-21-60-45(31)66-7)35-24-36(51(56,57)58)33(25-39(35)62(43)26-28-12-8-9-15-37(28)52)32-22-27(32)18-19-49(4,5)68-46(63)42-40(30-13-10-20-59-44(30)65-6)34-23-29(50(53,54)55)16-17-38(34)61-42/h8-17,20-21,23-25,27,32,61H,18-19,22,26H2,1-7H3/t27?,32-/m0/s1. The normalized spacial score (nSPS) is 15.4. The number of rotatable bonds is 13. The molecule has 68 heavy (non-hydrogen) atoms. The Hall–Kier alpha value is -6.91. The fraction of sp³-hybridized carbons (Fsp3) is 0.333. The number of esters is 2. The molecule has 0 amide bonds. The van der Waals surface area contributed by atoms with E-state index in [1.807, 2.05) is 0 Å². The van der Waals surface area contributed by atoms with Crippen molar-refractivity contribution < 1.29 is 59.3 Å². The molecule has 1 fully saturated rings. The first-order valence-corrected chi connectivity index (χ1v) is 21.7. The Labute approximate surface area is 386 Å². The van der Waals surface area contributed by atoms with Crippen LogP contribution in [-0.2, 0) is 28.4 Å². The molecule has 1 unspecified atom stereocenters. The van der Waals surface area contributed by atoms with Gasteiger partial charge in [-0.25, -0.2) is 23.9 Å². The Bertz CT molecular complexity index is 3070. The molecule has 2 atom stereocenters. The van der Waals surface area contributed by atoms with Crippen LogP contribution < -0.4 is 9.47 Å². The quantitative estimate of drug-likeness (QED) is 0.0897. The maximum atomic E-state index is 15.4. The van der Waals surface area contributed by atoms with E-state index in [0.717, 1.165) is 18.2 Å². The number of pyridine rings is 2. The number of hydrogen-bond acceptors (Lipinski definition) is 8. The molecule has 356 valence electrons. The predicted molar refractivity (Wildman–Crippen MR) is 240 cm³/mol. The fourth-order valence-electron chi connectivity index (χ4n) is 8.86. The van der Waals surface area contributed by atoms with Crippen LogP contribution in [0.15, 0.2) is 91.3 Å². The first-order chi connectivity index (χ1) is 32.0. The van der Waals surface area contributed by atoms with Crippen molar-refractivity contribution in [2.24, 2.45) is 5.92 Å². The summed E-state index contributed by atoms with van der Waals surface area (Å²) in [6.07, 6.45) is -5.78. The van der Waals surface area contributed by atoms with E-state index in [9.17, 15) is 22.8 Å². The molecule has 7 aromatic rings. The summed E-state index contributed by atoms with van der Waals surface area (Å²) in [5.41, 5.74) is -3.11. The largest absolute Gasteiger partial charge is 0.481 e. The summed E-state index contributed by atoms with van der Waals surface area (Å²) in [6, 6.07) is 17.6. The average Bonchev–Trinajstić information content (AvgIpc) is 3.85. The van der Waals surface area contributed by atoms with E-state index in [1.54, 1.807) is 65.0 Å². The SMILES string of the molecule is COc1ncccc1-c1c(C(=O)OC(C)(C)CCC2C[C@@H]2c2cc3c(cc2C(F)(F)F)c(-c2cccnc2OC)c(C(=O)OC(C)(C)C)n3Cc2ccccc2F)[nH]c2ccc(C(F)(F)F)cc12. The van der Waals surface area contributed by atoms with Gasteiger partial charge in [-0.15, -0.1) is 0 Å². The smallest absolute Gasteiger partial charge is 0.416 e. The van der Waals surface area contributed by atoms with E-state index in [0.29, 0.717) is 12.8 Å². The minimum Gasteiger partial charge on any atom is -0.481 e. The van der Waals surface area contributed by atoms with E-state index in [4.69, 9.17) is 18.9 Å². The molecule has 4 aromatic heterocycles. The lowest BCUT2D eigenvalue weighted by molar-refractivity contribution is -0.138. The molecule has 0 saturated heterocycles. The van der Waals surface area contributed by atoms with Gasteiger partial charge >= 0.3 is 24.3 Å². The Morgan fingerprint density at radius 1 is 0.750 bits per heavy atom. The van der Waals surface area contributed by atoms with Crippen LogP contribution in [0.2, 0.25) is 0 Å². The van der Waals surface area contributed by atoms with Crippen LogP contribution in [-0.4, -0.2) is 56.9 Å². The molecule has 0 radical (unpaired) electrons. The number of halogens is 7. The third-order valence-electron chi connectivity index (χ3n) is 12.0. The minimum absolute atomic E-state index is 0.0242. The summed E-state index contributed by atoms with van der Waals surface area (Å²) >= 11 is 0. The molecule has 4 heterocycles. The van der Waals surface area contributed by atoms with Gasteiger partial charge in [0.25, 0.3) is 0 Å². The maximum absolute atomic E-state index is 15.4. The van der Waals surface area contributed by atoms with Crippen LogP contribution in [0.4, 0.5) is 30.7 Å². The van der Waals surface area contributed by atoms with Gasteiger partial charge in [0.2, 0.25) is 11.8 Å². The zero-order chi connectivity index (χ0) is 49.1. The molecular weight excluding hydrogens is 898 g/mol. The maximum Gasteiger partial charge on any atom is 0.416 e. The van der Waals surface area contributed by atoms with E-state index >= 15 is 17.6 Å². The summed E-state index contributed by atoms with van der Waals surface area (Å²) in [5.74, 6) is -3.13. The summed E-state index contributed by atoms with van der Waals surface area (Å²) in [4.78, 5) is 39.8. The lowest BCUT2D eigenvalue weighted by Gasteiger charge is -2.25. The molecule has 17 heteroatoms. The van der Waals surface area contributed by atoms with Crippen molar-refractivity contribution in [1.29, 1.82) is 0 Å². The van der Waals surface area contributed by atoms with Gasteiger partial charge in [0.05, 0.1) is 31.9 Å². The second-order valence-electron chi connectivity index (χ2n) is 18.4. The van der Waals surface area contributed by atoms with Crippen molar-refractivity contribution in [3.63, 3.8) is 0 Å². The number of aromatic nitrogens is 4. The summed E-state index contributed by atoms with van der Waals surface area (Å²) in [6.45, 7) is 8.02. The summed E-state index contributed by atoms with van der Waals surface area (Å²) < 4.78 is 128. The van der Waals surface area contributed by atoms with E-state index < -0.39 is 58.4 Å². The second kappa shape index (κ2) is 17.6. The minimum atomic E-state index is -4.85. The van der Waals surface area contributed by atoms with Crippen LogP contribution in [0.25, 0.3) is 44.1 Å². The molecule has 10 nitrogen and oxygen atoms in total. The van der Waals surface area contributed by atoms with Crippen molar-refractivity contribution in [2.45, 2.75) is 89.9 Å². The van der Waals surface area contributed by atoms with Gasteiger partial charge in [0.15, 0.2) is 0 Å². The zero-order valence-electron chi connectivity index (χ0n) is 38.1. The number of fused-ring (bicyclic) bond motifs is 2. The fourth-order valence-corrected chi connectivity index (χ4v) is 8.86. The Morgan fingerprint density at radius 2 is 1.40 bits per heavy atom. The molecular formula is C51H47F7N4O6. The van der Waals surface area contributed by atoms with Gasteiger partial charge in [-0.05, 0) is 132 Å². The Kier molecular flexibility index (Phi) is 12.3. The molecule has 0 bridgehead atoms. The van der Waals surface area contributed by atoms with Crippen molar-refractivity contribution in [3.8, 4) is 34.0 Å². The van der Waals surface area contributed by atoms with Gasteiger partial charge in [0.1, 0.15) is 28.4 Å². The van der Waals surface area contributed by atoms with Gasteiger partial charge < -0.3 is 28.5 Å². The molecule has 0 aliphatic heterocycles. The molecule has 1 aliphatic carbocycles. The van der Waals surface area contributed by atoms with Crippen LogP contribution in [0.1, 0.15) is 103 Å². The van der Waals surface area contributed by atoms with Crippen molar-refractivity contribution >= 4 is 33.7 Å². The van der Waals surface area contributed by atoms with Crippen molar-refractivity contribution in [3.05, 3.63) is 131 Å². The lowest BCUT2D eigenvalue weighted by atomic mass is 9.94. The first-order valence-electron chi connectivity index (χ1n) is 21.7. The third-order valence-corrected chi connectivity index (χ3v) is 12.0. The van der Waals surface area contributed by atoms with Gasteiger partial charge in [-0.1, -0.05) is 18.2 Å². The number of aromatic amines is 1. The monoisotopic (exact) mass is 944 g/mol. The van der Waals surface area contributed by atoms with E-state index in [2.05, 4.69) is 15.0 Å². The van der Waals surface area contributed by atoms with Crippen LogP contribution in [0.3, 0.4) is 0 Å². The second-order valence-corrected chi connectivity index (χ2v) is 18.4.